The van der Waals surface area contributed by atoms with Gasteiger partial charge in [-0.3, -0.25) is 9.63 Å². The van der Waals surface area contributed by atoms with Crippen LogP contribution in [-0.4, -0.2) is 29.3 Å². The molecule has 0 bridgehead atoms. The van der Waals surface area contributed by atoms with Gasteiger partial charge in [0.1, 0.15) is 5.83 Å². The van der Waals surface area contributed by atoms with E-state index in [9.17, 15) is 13.6 Å². The molecule has 19 heavy (non-hydrogen) atoms. The molecular formula is C14H17F2NO2. The minimum absolute atomic E-state index is 0.244. The third-order valence-corrected chi connectivity index (χ3v) is 3.34. The Morgan fingerprint density at radius 2 is 2.16 bits per heavy atom. The molecule has 1 amide bonds. The molecule has 3 nitrogen and oxygen atoms in total. The van der Waals surface area contributed by atoms with Crippen LogP contribution >= 0.6 is 0 Å². The maximum absolute atomic E-state index is 13.8. The highest BCUT2D eigenvalue weighted by atomic mass is 19.1. The average Bonchev–Trinajstić information content (AvgIpc) is 2.97. The number of hydrogen-bond acceptors (Lipinski definition) is 2. The smallest absolute Gasteiger partial charge is 0.270 e. The minimum Gasteiger partial charge on any atom is -0.270 e. The SMILES string of the molecule is C=C(/C=C\C(F)=C/C)[C@@H]1CCON1C(=O)C1(F)CC1. The summed E-state index contributed by atoms with van der Waals surface area (Å²) in [5.74, 6) is -1.03. The summed E-state index contributed by atoms with van der Waals surface area (Å²) in [5.41, 5.74) is -1.23. The predicted octanol–water partition coefficient (Wildman–Crippen LogP) is 3.01. The normalized spacial score (nSPS) is 25.9. The number of allylic oxidation sites excluding steroid dienone is 3. The Hall–Kier alpha value is -1.49. The Morgan fingerprint density at radius 3 is 2.74 bits per heavy atom. The second-order valence-corrected chi connectivity index (χ2v) is 4.82. The van der Waals surface area contributed by atoms with Gasteiger partial charge in [-0.15, -0.1) is 0 Å². The lowest BCUT2D eigenvalue weighted by Gasteiger charge is -2.24. The summed E-state index contributed by atoms with van der Waals surface area (Å²) in [6.07, 6.45) is 5.11. The zero-order valence-electron chi connectivity index (χ0n) is 10.9. The van der Waals surface area contributed by atoms with Crippen molar-refractivity contribution in [2.75, 3.05) is 6.61 Å². The Bertz CT molecular complexity index is 452. The molecule has 5 heteroatoms. The summed E-state index contributed by atoms with van der Waals surface area (Å²) in [5, 5.41) is 1.06. The molecule has 2 fully saturated rings. The van der Waals surface area contributed by atoms with E-state index in [1.165, 1.54) is 18.2 Å². The van der Waals surface area contributed by atoms with Crippen LogP contribution in [-0.2, 0) is 9.63 Å². The maximum atomic E-state index is 13.8. The molecule has 2 aliphatic rings. The van der Waals surface area contributed by atoms with E-state index in [2.05, 4.69) is 6.58 Å². The third-order valence-electron chi connectivity index (χ3n) is 3.34. The van der Waals surface area contributed by atoms with E-state index in [1.54, 1.807) is 6.92 Å². The highest BCUT2D eigenvalue weighted by Gasteiger charge is 2.55. The van der Waals surface area contributed by atoms with Gasteiger partial charge in [0.2, 0.25) is 0 Å². The van der Waals surface area contributed by atoms with E-state index >= 15 is 0 Å². The molecule has 1 atom stereocenters. The van der Waals surface area contributed by atoms with Gasteiger partial charge in [0.15, 0.2) is 5.67 Å². The Balaban J connectivity index is 2.04. The van der Waals surface area contributed by atoms with Crippen molar-refractivity contribution in [3.05, 3.63) is 36.2 Å². The quantitative estimate of drug-likeness (QED) is 0.734. The number of carbonyl (C=O) groups is 1. The first kappa shape index (κ1) is 13.9. The molecule has 0 aromatic heterocycles. The third kappa shape index (κ3) is 2.92. The Morgan fingerprint density at radius 1 is 1.47 bits per heavy atom. The number of carbonyl (C=O) groups excluding carboxylic acids is 1. The monoisotopic (exact) mass is 269 g/mol. The van der Waals surface area contributed by atoms with Crippen LogP contribution in [0.3, 0.4) is 0 Å². The number of rotatable bonds is 4. The largest absolute Gasteiger partial charge is 0.284 e. The number of alkyl halides is 1. The standard InChI is InChI=1S/C14H17F2NO2/c1-3-11(15)5-4-10(2)12-6-9-19-17(12)13(18)14(16)7-8-14/h3-5,12H,2,6-9H2,1H3/b5-4-,11-3+/t12-/m0/s1. The van der Waals surface area contributed by atoms with Crippen LogP contribution in [0.1, 0.15) is 26.2 Å². The van der Waals surface area contributed by atoms with Crippen LogP contribution in [0.5, 0.6) is 0 Å². The Labute approximate surface area is 111 Å². The van der Waals surface area contributed by atoms with Crippen LogP contribution in [0.25, 0.3) is 0 Å². The zero-order chi connectivity index (χ0) is 14.0. The van der Waals surface area contributed by atoms with Crippen LogP contribution < -0.4 is 0 Å². The number of hydrogen-bond donors (Lipinski definition) is 0. The molecule has 0 radical (unpaired) electrons. The minimum atomic E-state index is -1.76. The molecule has 0 unspecified atom stereocenters. The van der Waals surface area contributed by atoms with Gasteiger partial charge in [-0.05, 0) is 31.4 Å². The summed E-state index contributed by atoms with van der Waals surface area (Å²) in [7, 11) is 0. The number of hydroxylamine groups is 2. The second kappa shape index (κ2) is 5.25. The molecule has 0 aromatic rings. The lowest BCUT2D eigenvalue weighted by molar-refractivity contribution is -0.181. The predicted molar refractivity (Wildman–Crippen MR) is 67.4 cm³/mol. The van der Waals surface area contributed by atoms with E-state index in [0.717, 1.165) is 5.06 Å². The van der Waals surface area contributed by atoms with Crippen molar-refractivity contribution in [3.63, 3.8) is 0 Å². The van der Waals surface area contributed by atoms with E-state index in [4.69, 9.17) is 4.84 Å². The zero-order valence-corrected chi connectivity index (χ0v) is 10.9. The summed E-state index contributed by atoms with van der Waals surface area (Å²) in [6.45, 7) is 5.72. The van der Waals surface area contributed by atoms with Gasteiger partial charge in [0, 0.05) is 6.42 Å². The van der Waals surface area contributed by atoms with Gasteiger partial charge in [-0.25, -0.2) is 13.8 Å². The van der Waals surface area contributed by atoms with Crippen molar-refractivity contribution in [1.82, 2.24) is 5.06 Å². The molecule has 2 rings (SSSR count). The van der Waals surface area contributed by atoms with E-state index in [1.807, 2.05) is 0 Å². The number of nitrogens with zero attached hydrogens (tertiary/aromatic N) is 1. The second-order valence-electron chi connectivity index (χ2n) is 4.82. The van der Waals surface area contributed by atoms with Gasteiger partial charge in [-0.2, -0.15) is 0 Å². The fourth-order valence-corrected chi connectivity index (χ4v) is 1.92. The first-order chi connectivity index (χ1) is 8.98. The highest BCUT2D eigenvalue weighted by Crippen LogP contribution is 2.43. The molecule has 0 spiro atoms. The van der Waals surface area contributed by atoms with Crippen molar-refractivity contribution in [2.45, 2.75) is 37.9 Å². The first-order valence-electron chi connectivity index (χ1n) is 6.32. The summed E-state index contributed by atoms with van der Waals surface area (Å²) in [4.78, 5) is 17.1. The van der Waals surface area contributed by atoms with Crippen molar-refractivity contribution >= 4 is 5.91 Å². The molecule has 0 N–H and O–H groups in total. The fraction of sp³-hybridized carbons (Fsp3) is 0.500. The molecule has 1 aliphatic heterocycles. The molecule has 1 saturated carbocycles. The van der Waals surface area contributed by atoms with Crippen molar-refractivity contribution < 1.29 is 18.4 Å². The first-order valence-corrected chi connectivity index (χ1v) is 6.32. The lowest BCUT2D eigenvalue weighted by Crippen LogP contribution is -2.41. The van der Waals surface area contributed by atoms with Crippen LogP contribution in [0.15, 0.2) is 36.2 Å². The lowest BCUT2D eigenvalue weighted by atomic mass is 10.1. The van der Waals surface area contributed by atoms with E-state index in [-0.39, 0.29) is 18.7 Å². The summed E-state index contributed by atoms with van der Waals surface area (Å²) < 4.78 is 26.8. The van der Waals surface area contributed by atoms with Gasteiger partial charge in [0.05, 0.1) is 12.6 Å². The highest BCUT2D eigenvalue weighted by molar-refractivity contribution is 5.87. The van der Waals surface area contributed by atoms with Crippen molar-refractivity contribution in [1.29, 1.82) is 0 Å². The number of amides is 1. The van der Waals surface area contributed by atoms with Crippen LogP contribution in [0.4, 0.5) is 8.78 Å². The number of halogens is 2. The average molecular weight is 269 g/mol. The molecule has 1 heterocycles. The van der Waals surface area contributed by atoms with Gasteiger partial charge < -0.3 is 0 Å². The van der Waals surface area contributed by atoms with Gasteiger partial charge in [-0.1, -0.05) is 18.7 Å². The molecule has 1 aliphatic carbocycles. The molecule has 1 saturated heterocycles. The van der Waals surface area contributed by atoms with E-state index in [0.29, 0.717) is 18.6 Å². The molecule has 0 aromatic carbocycles. The topological polar surface area (TPSA) is 29.5 Å². The van der Waals surface area contributed by atoms with Gasteiger partial charge >= 0.3 is 0 Å². The van der Waals surface area contributed by atoms with Crippen LogP contribution in [0.2, 0.25) is 0 Å². The maximum Gasteiger partial charge on any atom is 0.284 e. The Kier molecular flexibility index (Phi) is 3.85. The van der Waals surface area contributed by atoms with Crippen molar-refractivity contribution in [2.24, 2.45) is 0 Å². The molecular weight excluding hydrogens is 252 g/mol. The van der Waals surface area contributed by atoms with Crippen LogP contribution in [0, 0.1) is 0 Å². The fourth-order valence-electron chi connectivity index (χ4n) is 1.92. The molecule has 104 valence electrons. The van der Waals surface area contributed by atoms with Gasteiger partial charge in [0.25, 0.3) is 5.91 Å². The summed E-state index contributed by atoms with van der Waals surface area (Å²) >= 11 is 0. The van der Waals surface area contributed by atoms with Crippen molar-refractivity contribution in [3.8, 4) is 0 Å². The summed E-state index contributed by atoms with van der Waals surface area (Å²) in [6, 6.07) is -0.415. The van der Waals surface area contributed by atoms with E-state index < -0.39 is 17.6 Å².